The van der Waals surface area contributed by atoms with Gasteiger partial charge in [0.1, 0.15) is 6.23 Å². The summed E-state index contributed by atoms with van der Waals surface area (Å²) < 4.78 is 4.88. The summed E-state index contributed by atoms with van der Waals surface area (Å²) in [6.07, 6.45) is -0.605. The molecule has 0 radical (unpaired) electrons. The summed E-state index contributed by atoms with van der Waals surface area (Å²) in [5.41, 5.74) is 2.01. The molecule has 0 spiro atoms. The molecule has 0 saturated carbocycles. The van der Waals surface area contributed by atoms with Crippen LogP contribution in [0, 0.1) is 6.92 Å². The van der Waals surface area contributed by atoms with Crippen molar-refractivity contribution in [1.82, 2.24) is 5.32 Å². The number of aliphatic hydroxyl groups excluding tert-OH is 1. The fourth-order valence-electron chi connectivity index (χ4n) is 1.30. The third-order valence-corrected chi connectivity index (χ3v) is 2.13. The largest absolute Gasteiger partial charge is 0.383 e. The van der Waals surface area contributed by atoms with Crippen molar-refractivity contribution in [1.29, 1.82) is 0 Å². The van der Waals surface area contributed by atoms with Crippen LogP contribution in [0.4, 0.5) is 0 Å². The molecule has 1 aromatic carbocycles. The van der Waals surface area contributed by atoms with Crippen LogP contribution in [0.1, 0.15) is 17.4 Å². The number of hydrogen-bond acceptors (Lipinski definition) is 3. The molecule has 1 unspecified atom stereocenters. The predicted molar refractivity (Wildman–Crippen MR) is 56.0 cm³/mol. The molecule has 1 atom stereocenters. The van der Waals surface area contributed by atoms with E-state index in [-0.39, 0.29) is 0 Å². The Hall–Kier alpha value is -0.900. The molecule has 0 bridgehead atoms. The van der Waals surface area contributed by atoms with E-state index in [1.54, 1.807) is 7.11 Å². The third kappa shape index (κ3) is 3.10. The molecule has 0 saturated heterocycles. The number of rotatable bonds is 5. The van der Waals surface area contributed by atoms with Crippen molar-refractivity contribution in [3.05, 3.63) is 35.4 Å². The van der Waals surface area contributed by atoms with Crippen LogP contribution in [0.5, 0.6) is 0 Å². The maximum absolute atomic E-state index is 9.76. The van der Waals surface area contributed by atoms with Crippen LogP contribution in [0.25, 0.3) is 0 Å². The average molecular weight is 195 g/mol. The van der Waals surface area contributed by atoms with Crippen LogP contribution in [-0.4, -0.2) is 25.4 Å². The minimum Gasteiger partial charge on any atom is -0.383 e. The minimum atomic E-state index is -0.605. The summed E-state index contributed by atoms with van der Waals surface area (Å²) >= 11 is 0. The predicted octanol–water partition coefficient (Wildman–Crippen LogP) is 1.22. The van der Waals surface area contributed by atoms with Crippen molar-refractivity contribution in [3.63, 3.8) is 0 Å². The first-order valence-electron chi connectivity index (χ1n) is 4.71. The molecule has 1 rings (SSSR count). The van der Waals surface area contributed by atoms with E-state index in [0.29, 0.717) is 13.2 Å². The van der Waals surface area contributed by atoms with Crippen LogP contribution in [-0.2, 0) is 4.74 Å². The highest BCUT2D eigenvalue weighted by Crippen LogP contribution is 2.14. The second-order valence-corrected chi connectivity index (χ2v) is 3.21. The van der Waals surface area contributed by atoms with Gasteiger partial charge < -0.3 is 9.84 Å². The molecule has 0 heterocycles. The summed E-state index contributed by atoms with van der Waals surface area (Å²) in [5, 5.41) is 12.7. The summed E-state index contributed by atoms with van der Waals surface area (Å²) in [6, 6.07) is 7.78. The van der Waals surface area contributed by atoms with Gasteiger partial charge in [0, 0.05) is 13.7 Å². The molecule has 0 aliphatic rings. The lowest BCUT2D eigenvalue weighted by atomic mass is 10.1. The standard InChI is InChI=1S/C11H17NO2/c1-9-5-3-4-6-10(9)11(13)12-7-8-14-2/h3-6,11-13H,7-8H2,1-2H3. The second kappa shape index (κ2) is 5.75. The van der Waals surface area contributed by atoms with Crippen molar-refractivity contribution in [2.75, 3.05) is 20.3 Å². The Bertz CT molecular complexity index is 276. The van der Waals surface area contributed by atoms with Gasteiger partial charge >= 0.3 is 0 Å². The van der Waals surface area contributed by atoms with Gasteiger partial charge in [-0.2, -0.15) is 0 Å². The number of aliphatic hydroxyl groups is 1. The highest BCUT2D eigenvalue weighted by molar-refractivity contribution is 5.27. The Kier molecular flexibility index (Phi) is 4.59. The molecule has 0 fully saturated rings. The monoisotopic (exact) mass is 195 g/mol. The lowest BCUT2D eigenvalue weighted by Crippen LogP contribution is -2.25. The van der Waals surface area contributed by atoms with Crippen LogP contribution in [0.3, 0.4) is 0 Å². The van der Waals surface area contributed by atoms with Crippen LogP contribution in [0.2, 0.25) is 0 Å². The minimum absolute atomic E-state index is 0.600. The number of nitrogens with one attached hydrogen (secondary N) is 1. The summed E-state index contributed by atoms with van der Waals surface area (Å²) in [4.78, 5) is 0. The van der Waals surface area contributed by atoms with Crippen LogP contribution >= 0.6 is 0 Å². The summed E-state index contributed by atoms with van der Waals surface area (Å²) in [7, 11) is 1.64. The Labute approximate surface area is 84.7 Å². The summed E-state index contributed by atoms with van der Waals surface area (Å²) in [5.74, 6) is 0. The number of benzene rings is 1. The zero-order chi connectivity index (χ0) is 10.4. The first kappa shape index (κ1) is 11.2. The van der Waals surface area contributed by atoms with E-state index in [1.807, 2.05) is 31.2 Å². The molecule has 2 N–H and O–H groups in total. The fraction of sp³-hybridized carbons (Fsp3) is 0.455. The van der Waals surface area contributed by atoms with E-state index < -0.39 is 6.23 Å². The highest BCUT2D eigenvalue weighted by Gasteiger charge is 2.07. The molecule has 0 aliphatic carbocycles. The Balaban J connectivity index is 2.51. The zero-order valence-corrected chi connectivity index (χ0v) is 8.66. The highest BCUT2D eigenvalue weighted by atomic mass is 16.5. The van der Waals surface area contributed by atoms with Crippen molar-refractivity contribution in [2.45, 2.75) is 13.2 Å². The van der Waals surface area contributed by atoms with Crippen molar-refractivity contribution >= 4 is 0 Å². The topological polar surface area (TPSA) is 41.5 Å². The normalized spacial score (nSPS) is 12.8. The molecule has 0 amide bonds. The molecule has 3 nitrogen and oxygen atoms in total. The molecule has 78 valence electrons. The SMILES string of the molecule is COCCNC(O)c1ccccc1C. The van der Waals surface area contributed by atoms with Gasteiger partial charge in [-0.05, 0) is 18.1 Å². The molecule has 1 aromatic rings. The van der Waals surface area contributed by atoms with Crippen LogP contribution in [0.15, 0.2) is 24.3 Å². The Morgan fingerprint density at radius 3 is 2.79 bits per heavy atom. The van der Waals surface area contributed by atoms with E-state index in [0.717, 1.165) is 11.1 Å². The van der Waals surface area contributed by atoms with Gasteiger partial charge in [-0.3, -0.25) is 5.32 Å². The van der Waals surface area contributed by atoms with Gasteiger partial charge in [0.15, 0.2) is 0 Å². The average Bonchev–Trinajstić information content (AvgIpc) is 2.18. The lowest BCUT2D eigenvalue weighted by Gasteiger charge is -2.14. The van der Waals surface area contributed by atoms with Gasteiger partial charge in [-0.15, -0.1) is 0 Å². The zero-order valence-electron chi connectivity index (χ0n) is 8.66. The summed E-state index contributed by atoms with van der Waals surface area (Å²) in [6.45, 7) is 3.23. The fourth-order valence-corrected chi connectivity index (χ4v) is 1.30. The molecule has 0 aromatic heterocycles. The van der Waals surface area contributed by atoms with Crippen molar-refractivity contribution in [2.24, 2.45) is 0 Å². The van der Waals surface area contributed by atoms with Gasteiger partial charge in [-0.1, -0.05) is 24.3 Å². The third-order valence-electron chi connectivity index (χ3n) is 2.13. The van der Waals surface area contributed by atoms with E-state index in [1.165, 1.54) is 0 Å². The Morgan fingerprint density at radius 1 is 1.43 bits per heavy atom. The van der Waals surface area contributed by atoms with Gasteiger partial charge in [0.05, 0.1) is 6.61 Å². The second-order valence-electron chi connectivity index (χ2n) is 3.21. The molecular weight excluding hydrogens is 178 g/mol. The maximum atomic E-state index is 9.76. The number of methoxy groups -OCH3 is 1. The number of hydrogen-bond donors (Lipinski definition) is 2. The lowest BCUT2D eigenvalue weighted by molar-refractivity contribution is 0.118. The molecule has 14 heavy (non-hydrogen) atoms. The van der Waals surface area contributed by atoms with E-state index >= 15 is 0 Å². The van der Waals surface area contributed by atoms with E-state index in [4.69, 9.17) is 4.74 Å². The van der Waals surface area contributed by atoms with Crippen molar-refractivity contribution in [3.8, 4) is 0 Å². The van der Waals surface area contributed by atoms with E-state index in [9.17, 15) is 5.11 Å². The van der Waals surface area contributed by atoms with Gasteiger partial charge in [0.25, 0.3) is 0 Å². The van der Waals surface area contributed by atoms with Crippen molar-refractivity contribution < 1.29 is 9.84 Å². The molecular formula is C11H17NO2. The van der Waals surface area contributed by atoms with Gasteiger partial charge in [-0.25, -0.2) is 0 Å². The Morgan fingerprint density at radius 2 is 2.14 bits per heavy atom. The molecule has 0 aliphatic heterocycles. The first-order chi connectivity index (χ1) is 6.75. The smallest absolute Gasteiger partial charge is 0.131 e. The van der Waals surface area contributed by atoms with E-state index in [2.05, 4.69) is 5.32 Å². The maximum Gasteiger partial charge on any atom is 0.131 e. The van der Waals surface area contributed by atoms with Crippen LogP contribution < -0.4 is 5.32 Å². The van der Waals surface area contributed by atoms with Gasteiger partial charge in [0.2, 0.25) is 0 Å². The quantitative estimate of drug-likeness (QED) is 0.548. The number of ether oxygens (including phenoxy) is 1. The number of aryl methyl sites for hydroxylation is 1. The molecule has 3 heteroatoms. The first-order valence-corrected chi connectivity index (χ1v) is 4.71.